The van der Waals surface area contributed by atoms with Gasteiger partial charge in [-0.2, -0.15) is 0 Å². The molecule has 1 unspecified atom stereocenters. The molecule has 100 valence electrons. The van der Waals surface area contributed by atoms with Crippen LogP contribution in [-0.4, -0.2) is 28.9 Å². The van der Waals surface area contributed by atoms with Gasteiger partial charge >= 0.3 is 0 Å². The van der Waals surface area contributed by atoms with Crippen LogP contribution in [0.3, 0.4) is 0 Å². The van der Waals surface area contributed by atoms with E-state index in [0.717, 1.165) is 25.8 Å². The molecule has 1 aliphatic rings. The Hall–Kier alpha value is -0.570. The lowest BCUT2D eigenvalue weighted by Crippen LogP contribution is -2.55. The van der Waals surface area contributed by atoms with Gasteiger partial charge in [-0.25, -0.2) is 0 Å². The summed E-state index contributed by atoms with van der Waals surface area (Å²) in [5, 5.41) is 0. The Morgan fingerprint density at radius 2 is 2.06 bits per heavy atom. The van der Waals surface area contributed by atoms with Crippen molar-refractivity contribution in [2.24, 2.45) is 5.73 Å². The average molecular weight is 240 g/mol. The second-order valence-corrected chi connectivity index (χ2v) is 5.92. The van der Waals surface area contributed by atoms with E-state index >= 15 is 0 Å². The summed E-state index contributed by atoms with van der Waals surface area (Å²) in [4.78, 5) is 14.2. The number of carbonyl (C=O) groups excluding carboxylic acids is 1. The smallest absolute Gasteiger partial charge is 0.223 e. The van der Waals surface area contributed by atoms with Gasteiger partial charge in [0.05, 0.1) is 0 Å². The van der Waals surface area contributed by atoms with Gasteiger partial charge in [-0.15, -0.1) is 0 Å². The van der Waals surface area contributed by atoms with Gasteiger partial charge < -0.3 is 10.6 Å². The van der Waals surface area contributed by atoms with Crippen LogP contribution >= 0.6 is 0 Å². The molecule has 2 N–H and O–H groups in total. The van der Waals surface area contributed by atoms with E-state index in [1.54, 1.807) is 0 Å². The van der Waals surface area contributed by atoms with Crippen molar-refractivity contribution >= 4 is 5.91 Å². The van der Waals surface area contributed by atoms with E-state index in [4.69, 9.17) is 5.73 Å². The minimum atomic E-state index is -0.0560. The van der Waals surface area contributed by atoms with Gasteiger partial charge in [-0.3, -0.25) is 4.79 Å². The van der Waals surface area contributed by atoms with Gasteiger partial charge in [-0.05, 0) is 33.1 Å². The zero-order valence-electron chi connectivity index (χ0n) is 11.7. The molecule has 0 spiro atoms. The lowest BCUT2D eigenvalue weighted by atomic mass is 9.87. The Labute approximate surface area is 106 Å². The van der Waals surface area contributed by atoms with Gasteiger partial charge in [0.15, 0.2) is 0 Å². The zero-order chi connectivity index (χ0) is 12.9. The van der Waals surface area contributed by atoms with Crippen LogP contribution in [0, 0.1) is 0 Å². The Kier molecular flexibility index (Phi) is 5.44. The molecule has 0 radical (unpaired) electrons. The minimum Gasteiger partial charge on any atom is -0.337 e. The topological polar surface area (TPSA) is 46.3 Å². The normalized spacial score (nSPS) is 23.8. The fourth-order valence-corrected chi connectivity index (χ4v) is 2.75. The van der Waals surface area contributed by atoms with Crippen LogP contribution in [0.25, 0.3) is 0 Å². The number of carbonyl (C=O) groups is 1. The van der Waals surface area contributed by atoms with Crippen LogP contribution in [0.15, 0.2) is 0 Å². The maximum absolute atomic E-state index is 12.2. The Morgan fingerprint density at radius 1 is 1.35 bits per heavy atom. The molecule has 1 rings (SSSR count). The van der Waals surface area contributed by atoms with Gasteiger partial charge in [-0.1, -0.05) is 26.2 Å². The maximum Gasteiger partial charge on any atom is 0.223 e. The number of likely N-dealkylation sites (tertiary alicyclic amines) is 1. The Balaban J connectivity index is 2.40. The third-order valence-electron chi connectivity index (χ3n) is 3.76. The first-order chi connectivity index (χ1) is 7.97. The van der Waals surface area contributed by atoms with E-state index in [1.807, 2.05) is 4.90 Å². The third kappa shape index (κ3) is 4.30. The van der Waals surface area contributed by atoms with E-state index in [2.05, 4.69) is 20.8 Å². The monoisotopic (exact) mass is 240 g/mol. The van der Waals surface area contributed by atoms with Crippen LogP contribution in [-0.2, 0) is 4.79 Å². The molecule has 1 aliphatic heterocycles. The number of hydrogen-bond acceptors (Lipinski definition) is 2. The van der Waals surface area contributed by atoms with Crippen molar-refractivity contribution in [3.05, 3.63) is 0 Å². The quantitative estimate of drug-likeness (QED) is 0.751. The zero-order valence-corrected chi connectivity index (χ0v) is 11.7. The summed E-state index contributed by atoms with van der Waals surface area (Å²) in [7, 11) is 0. The van der Waals surface area contributed by atoms with Crippen molar-refractivity contribution in [2.45, 2.75) is 77.3 Å². The highest BCUT2D eigenvalue weighted by Gasteiger charge is 2.35. The van der Waals surface area contributed by atoms with Crippen LogP contribution in [0.2, 0.25) is 0 Å². The molecule has 0 saturated carbocycles. The Morgan fingerprint density at radius 3 is 2.65 bits per heavy atom. The van der Waals surface area contributed by atoms with Crippen molar-refractivity contribution in [1.29, 1.82) is 0 Å². The summed E-state index contributed by atoms with van der Waals surface area (Å²) in [5.41, 5.74) is 5.92. The number of hydrogen-bond donors (Lipinski definition) is 1. The maximum atomic E-state index is 12.2. The summed E-state index contributed by atoms with van der Waals surface area (Å²) in [6.07, 6.45) is 7.25. The van der Waals surface area contributed by atoms with Crippen molar-refractivity contribution in [3.63, 3.8) is 0 Å². The molecule has 0 bridgehead atoms. The molecule has 0 aromatic carbocycles. The number of amides is 1. The summed E-state index contributed by atoms with van der Waals surface area (Å²) < 4.78 is 0. The summed E-state index contributed by atoms with van der Waals surface area (Å²) in [6.45, 7) is 7.30. The molecule has 3 heteroatoms. The molecule has 3 nitrogen and oxygen atoms in total. The van der Waals surface area contributed by atoms with Crippen LogP contribution in [0.1, 0.15) is 65.7 Å². The summed E-state index contributed by atoms with van der Waals surface area (Å²) in [5.74, 6) is 0.318. The van der Waals surface area contributed by atoms with Gasteiger partial charge in [0.2, 0.25) is 5.91 Å². The first-order valence-electron chi connectivity index (χ1n) is 7.03. The number of unbranched alkanes of at least 4 members (excludes halogenated alkanes) is 3. The van der Waals surface area contributed by atoms with Gasteiger partial charge in [0, 0.05) is 24.5 Å². The molecule has 0 aromatic rings. The molecule has 1 heterocycles. The second kappa shape index (κ2) is 6.39. The van der Waals surface area contributed by atoms with Gasteiger partial charge in [0.25, 0.3) is 0 Å². The number of rotatable bonds is 5. The van der Waals surface area contributed by atoms with E-state index < -0.39 is 0 Å². The van der Waals surface area contributed by atoms with Gasteiger partial charge in [0.1, 0.15) is 0 Å². The first kappa shape index (κ1) is 14.5. The molecule has 0 aromatic heterocycles. The molecule has 0 aliphatic carbocycles. The largest absolute Gasteiger partial charge is 0.337 e. The fourth-order valence-electron chi connectivity index (χ4n) is 2.75. The molecular formula is C14H28N2O. The summed E-state index contributed by atoms with van der Waals surface area (Å²) in [6, 6.07) is 0.258. The average Bonchev–Trinajstić information content (AvgIpc) is 2.22. The number of piperidine rings is 1. The first-order valence-corrected chi connectivity index (χ1v) is 7.03. The minimum absolute atomic E-state index is 0.0560. The predicted octanol–water partition coefficient (Wildman–Crippen LogP) is 2.69. The van der Waals surface area contributed by atoms with E-state index in [9.17, 15) is 4.79 Å². The van der Waals surface area contributed by atoms with E-state index in [0.29, 0.717) is 12.3 Å². The molecular weight excluding hydrogens is 212 g/mol. The van der Waals surface area contributed by atoms with Crippen LogP contribution < -0.4 is 5.73 Å². The highest BCUT2D eigenvalue weighted by molar-refractivity contribution is 5.77. The van der Waals surface area contributed by atoms with Crippen LogP contribution in [0.5, 0.6) is 0 Å². The SMILES string of the molecule is CCCCCCC(=O)N1CCC(N)CC1(C)C. The third-order valence-corrected chi connectivity index (χ3v) is 3.76. The lowest BCUT2D eigenvalue weighted by molar-refractivity contribution is -0.138. The molecule has 17 heavy (non-hydrogen) atoms. The highest BCUT2D eigenvalue weighted by atomic mass is 16.2. The van der Waals surface area contributed by atoms with Crippen molar-refractivity contribution in [3.8, 4) is 0 Å². The standard InChI is InChI=1S/C14H28N2O/c1-4-5-6-7-8-13(17)16-10-9-12(15)11-14(16,2)3/h12H,4-11,15H2,1-3H3. The molecule has 1 saturated heterocycles. The van der Waals surface area contributed by atoms with Crippen molar-refractivity contribution in [2.75, 3.05) is 6.54 Å². The summed E-state index contributed by atoms with van der Waals surface area (Å²) >= 11 is 0. The van der Waals surface area contributed by atoms with E-state index in [1.165, 1.54) is 19.3 Å². The lowest BCUT2D eigenvalue weighted by Gasteiger charge is -2.45. The fraction of sp³-hybridized carbons (Fsp3) is 0.929. The second-order valence-electron chi connectivity index (χ2n) is 5.92. The van der Waals surface area contributed by atoms with Crippen molar-refractivity contribution < 1.29 is 4.79 Å². The predicted molar refractivity (Wildman–Crippen MR) is 71.8 cm³/mol. The van der Waals surface area contributed by atoms with Crippen LogP contribution in [0.4, 0.5) is 0 Å². The Bertz CT molecular complexity index is 251. The number of nitrogens with two attached hydrogens (primary N) is 1. The molecule has 1 amide bonds. The molecule has 1 fully saturated rings. The highest BCUT2D eigenvalue weighted by Crippen LogP contribution is 2.27. The molecule has 1 atom stereocenters. The number of nitrogens with zero attached hydrogens (tertiary/aromatic N) is 1. The van der Waals surface area contributed by atoms with Crippen molar-refractivity contribution in [1.82, 2.24) is 4.90 Å². The van der Waals surface area contributed by atoms with E-state index in [-0.39, 0.29) is 11.6 Å².